The number of non-ortho nitro benzene ring substituents is 1. The van der Waals surface area contributed by atoms with Crippen molar-refractivity contribution in [2.45, 2.75) is 13.8 Å². The molecule has 1 aliphatic rings. The third kappa shape index (κ3) is 3.86. The molecule has 0 unspecified atom stereocenters. The number of amides is 1. The van der Waals surface area contributed by atoms with Crippen LogP contribution in [-0.4, -0.2) is 53.4 Å². The van der Waals surface area contributed by atoms with Gasteiger partial charge >= 0.3 is 0 Å². The van der Waals surface area contributed by atoms with Gasteiger partial charge in [0.2, 0.25) is 0 Å². The molecule has 0 aliphatic carbocycles. The van der Waals surface area contributed by atoms with Gasteiger partial charge in [-0.1, -0.05) is 6.92 Å². The monoisotopic (exact) mass is 407 g/mol. The summed E-state index contributed by atoms with van der Waals surface area (Å²) in [6, 6.07) is 10.5. The Kier molecular flexibility index (Phi) is 5.41. The van der Waals surface area contributed by atoms with Crippen LogP contribution in [0.15, 0.2) is 42.6 Å². The summed E-state index contributed by atoms with van der Waals surface area (Å²) in [5, 5.41) is 14.5. The third-order valence-electron chi connectivity index (χ3n) is 5.76. The Morgan fingerprint density at radius 1 is 1.17 bits per heavy atom. The molecule has 0 saturated carbocycles. The normalized spacial score (nSPS) is 14.8. The minimum absolute atomic E-state index is 0.0418. The molecule has 0 spiro atoms. The predicted octanol–water partition coefficient (Wildman–Crippen LogP) is 3.78. The SMILES string of the molecule is CCN1CCN(c2ccc(NC(=O)c3c[nH]c4ccc([N+](=O)[O-])cc34)c(C)c2)CC1. The Balaban J connectivity index is 1.52. The van der Waals surface area contributed by atoms with Crippen molar-refractivity contribution in [2.24, 2.45) is 0 Å². The Hall–Kier alpha value is -3.39. The van der Waals surface area contributed by atoms with E-state index in [0.29, 0.717) is 16.5 Å². The van der Waals surface area contributed by atoms with Crippen LogP contribution in [0.4, 0.5) is 17.1 Å². The maximum atomic E-state index is 12.9. The molecule has 2 aromatic carbocycles. The van der Waals surface area contributed by atoms with Gasteiger partial charge in [-0.25, -0.2) is 0 Å². The first kappa shape index (κ1) is 19.9. The molecule has 1 aromatic heterocycles. The molecule has 8 heteroatoms. The fourth-order valence-electron chi connectivity index (χ4n) is 3.91. The van der Waals surface area contributed by atoms with Crippen molar-refractivity contribution in [3.05, 3.63) is 63.8 Å². The number of aromatic nitrogens is 1. The lowest BCUT2D eigenvalue weighted by Crippen LogP contribution is -2.46. The number of aryl methyl sites for hydroxylation is 1. The van der Waals surface area contributed by atoms with E-state index in [4.69, 9.17) is 0 Å². The Labute approximate surface area is 174 Å². The number of piperazine rings is 1. The van der Waals surface area contributed by atoms with Crippen LogP contribution in [-0.2, 0) is 0 Å². The quantitative estimate of drug-likeness (QED) is 0.496. The van der Waals surface area contributed by atoms with Crippen molar-refractivity contribution >= 4 is 33.9 Å². The lowest BCUT2D eigenvalue weighted by Gasteiger charge is -2.35. The van der Waals surface area contributed by atoms with Gasteiger partial charge in [-0.15, -0.1) is 0 Å². The number of H-pyrrole nitrogens is 1. The molecule has 156 valence electrons. The number of aromatic amines is 1. The average molecular weight is 407 g/mol. The van der Waals surface area contributed by atoms with E-state index in [0.717, 1.165) is 49.7 Å². The summed E-state index contributed by atoms with van der Waals surface area (Å²) in [4.78, 5) is 31.3. The largest absolute Gasteiger partial charge is 0.369 e. The first-order valence-electron chi connectivity index (χ1n) is 10.1. The summed E-state index contributed by atoms with van der Waals surface area (Å²) in [6.07, 6.45) is 1.58. The number of carbonyl (C=O) groups is 1. The van der Waals surface area contributed by atoms with Crippen LogP contribution in [0.3, 0.4) is 0 Å². The molecule has 0 atom stereocenters. The van der Waals surface area contributed by atoms with Crippen molar-refractivity contribution in [3.8, 4) is 0 Å². The second-order valence-electron chi connectivity index (χ2n) is 7.56. The van der Waals surface area contributed by atoms with Crippen LogP contribution >= 0.6 is 0 Å². The molecular weight excluding hydrogens is 382 g/mol. The predicted molar refractivity (Wildman–Crippen MR) is 118 cm³/mol. The van der Waals surface area contributed by atoms with Gasteiger partial charge in [0.15, 0.2) is 0 Å². The van der Waals surface area contributed by atoms with E-state index in [1.165, 1.54) is 12.1 Å². The van der Waals surface area contributed by atoms with Gasteiger partial charge < -0.3 is 20.1 Å². The summed E-state index contributed by atoms with van der Waals surface area (Å²) in [5.41, 5.74) is 3.89. The Morgan fingerprint density at radius 2 is 1.93 bits per heavy atom. The lowest BCUT2D eigenvalue weighted by molar-refractivity contribution is -0.384. The minimum Gasteiger partial charge on any atom is -0.369 e. The number of rotatable bonds is 5. The number of nitrogens with zero attached hydrogens (tertiary/aromatic N) is 3. The summed E-state index contributed by atoms with van der Waals surface area (Å²) in [6.45, 7) is 9.33. The topological polar surface area (TPSA) is 94.5 Å². The van der Waals surface area contributed by atoms with Crippen molar-refractivity contribution in [1.29, 1.82) is 0 Å². The van der Waals surface area contributed by atoms with E-state index < -0.39 is 4.92 Å². The van der Waals surface area contributed by atoms with E-state index in [1.807, 2.05) is 19.1 Å². The molecule has 30 heavy (non-hydrogen) atoms. The van der Waals surface area contributed by atoms with Gasteiger partial charge in [0.05, 0.1) is 10.5 Å². The van der Waals surface area contributed by atoms with Crippen LogP contribution in [0, 0.1) is 17.0 Å². The van der Waals surface area contributed by atoms with Gasteiger partial charge in [0, 0.05) is 66.8 Å². The zero-order valence-corrected chi connectivity index (χ0v) is 17.1. The molecule has 0 radical (unpaired) electrons. The first-order valence-corrected chi connectivity index (χ1v) is 10.1. The number of likely N-dealkylation sites (N-methyl/N-ethyl adjacent to an activating group) is 1. The molecule has 4 rings (SSSR count). The van der Waals surface area contributed by atoms with Gasteiger partial charge in [0.1, 0.15) is 0 Å². The number of benzene rings is 2. The van der Waals surface area contributed by atoms with E-state index in [2.05, 4.69) is 33.1 Å². The highest BCUT2D eigenvalue weighted by Gasteiger charge is 2.18. The molecule has 1 aliphatic heterocycles. The summed E-state index contributed by atoms with van der Waals surface area (Å²) >= 11 is 0. The standard InChI is InChI=1S/C22H25N5O3/c1-3-25-8-10-26(11-9-25)16-4-6-20(15(2)12-16)24-22(28)19-14-23-21-7-5-17(27(29)30)13-18(19)21/h4-7,12-14,23H,3,8-11H2,1-2H3,(H,24,28). The zero-order chi connectivity index (χ0) is 21.3. The van der Waals surface area contributed by atoms with Crippen LogP contribution in [0.1, 0.15) is 22.8 Å². The van der Waals surface area contributed by atoms with Gasteiger partial charge in [0.25, 0.3) is 11.6 Å². The van der Waals surface area contributed by atoms with Crippen LogP contribution in [0.2, 0.25) is 0 Å². The maximum Gasteiger partial charge on any atom is 0.270 e. The zero-order valence-electron chi connectivity index (χ0n) is 17.1. The number of fused-ring (bicyclic) bond motifs is 1. The molecule has 0 bridgehead atoms. The first-order chi connectivity index (χ1) is 14.5. The van der Waals surface area contributed by atoms with Crippen LogP contribution in [0.25, 0.3) is 10.9 Å². The number of nitrogens with one attached hydrogen (secondary N) is 2. The highest BCUT2D eigenvalue weighted by molar-refractivity contribution is 6.13. The molecule has 2 heterocycles. The number of nitro benzene ring substituents is 1. The van der Waals surface area contributed by atoms with Gasteiger partial charge in [-0.2, -0.15) is 0 Å². The van der Waals surface area contributed by atoms with E-state index in [1.54, 1.807) is 12.3 Å². The molecule has 1 amide bonds. The fraction of sp³-hybridized carbons (Fsp3) is 0.318. The molecule has 3 aromatic rings. The molecule has 2 N–H and O–H groups in total. The van der Waals surface area contributed by atoms with Crippen LogP contribution in [0.5, 0.6) is 0 Å². The van der Waals surface area contributed by atoms with Crippen LogP contribution < -0.4 is 10.2 Å². The fourth-order valence-corrected chi connectivity index (χ4v) is 3.91. The van der Waals surface area contributed by atoms with E-state index >= 15 is 0 Å². The smallest absolute Gasteiger partial charge is 0.270 e. The van der Waals surface area contributed by atoms with Crippen molar-refractivity contribution in [1.82, 2.24) is 9.88 Å². The molecule has 1 saturated heterocycles. The van der Waals surface area contributed by atoms with E-state index in [9.17, 15) is 14.9 Å². The summed E-state index contributed by atoms with van der Waals surface area (Å²) < 4.78 is 0. The third-order valence-corrected chi connectivity index (χ3v) is 5.76. The second-order valence-corrected chi connectivity index (χ2v) is 7.56. The maximum absolute atomic E-state index is 12.9. The van der Waals surface area contributed by atoms with Gasteiger partial charge in [-0.05, 0) is 43.3 Å². The highest BCUT2D eigenvalue weighted by Crippen LogP contribution is 2.27. The second kappa shape index (κ2) is 8.16. The number of nitro groups is 1. The lowest BCUT2D eigenvalue weighted by atomic mass is 10.1. The number of hydrogen-bond acceptors (Lipinski definition) is 5. The Morgan fingerprint density at radius 3 is 2.60 bits per heavy atom. The van der Waals surface area contributed by atoms with Crippen molar-refractivity contribution in [3.63, 3.8) is 0 Å². The highest BCUT2D eigenvalue weighted by atomic mass is 16.6. The number of hydrogen-bond donors (Lipinski definition) is 2. The minimum atomic E-state index is -0.461. The summed E-state index contributed by atoms with van der Waals surface area (Å²) in [7, 11) is 0. The number of carbonyl (C=O) groups excluding carboxylic acids is 1. The molecule has 1 fully saturated rings. The summed E-state index contributed by atoms with van der Waals surface area (Å²) in [5.74, 6) is -0.297. The average Bonchev–Trinajstić information content (AvgIpc) is 3.18. The number of anilines is 2. The Bertz CT molecular complexity index is 1100. The van der Waals surface area contributed by atoms with Crippen molar-refractivity contribution in [2.75, 3.05) is 42.9 Å². The molecule has 8 nitrogen and oxygen atoms in total. The molecular formula is C22H25N5O3. The van der Waals surface area contributed by atoms with E-state index in [-0.39, 0.29) is 11.6 Å². The van der Waals surface area contributed by atoms with Crippen molar-refractivity contribution < 1.29 is 9.72 Å². The van der Waals surface area contributed by atoms with Gasteiger partial charge in [-0.3, -0.25) is 14.9 Å².